The van der Waals surface area contributed by atoms with Crippen molar-refractivity contribution in [2.75, 3.05) is 6.54 Å². The van der Waals surface area contributed by atoms with Gasteiger partial charge in [-0.1, -0.05) is 37.3 Å². The fraction of sp³-hybridized carbons (Fsp3) is 0.286. The maximum atomic E-state index is 12.5. The number of benzene rings is 1. The monoisotopic (exact) mass is 365 g/mol. The quantitative estimate of drug-likeness (QED) is 0.622. The first-order chi connectivity index (χ1) is 13.2. The molecule has 0 saturated heterocycles. The van der Waals surface area contributed by atoms with E-state index in [9.17, 15) is 9.59 Å². The maximum Gasteiger partial charge on any atom is 0.266 e. The first kappa shape index (κ1) is 18.6. The van der Waals surface area contributed by atoms with E-state index in [0.29, 0.717) is 31.0 Å². The number of aromatic nitrogens is 2. The lowest BCUT2D eigenvalue weighted by Gasteiger charge is -2.15. The number of carbonyl (C=O) groups is 1. The van der Waals surface area contributed by atoms with Crippen LogP contribution < -0.4 is 10.9 Å². The molecule has 1 atom stereocenters. The summed E-state index contributed by atoms with van der Waals surface area (Å²) in [5, 5.41) is 7.29. The van der Waals surface area contributed by atoms with Gasteiger partial charge in [-0.2, -0.15) is 5.10 Å². The van der Waals surface area contributed by atoms with E-state index in [1.54, 1.807) is 24.5 Å². The van der Waals surface area contributed by atoms with Crippen LogP contribution in [0.25, 0.3) is 11.5 Å². The van der Waals surface area contributed by atoms with Gasteiger partial charge in [0.2, 0.25) is 5.91 Å². The molecule has 0 fully saturated rings. The molecule has 0 aliphatic carbocycles. The van der Waals surface area contributed by atoms with E-state index in [0.717, 1.165) is 12.0 Å². The summed E-state index contributed by atoms with van der Waals surface area (Å²) in [6, 6.07) is 16.5. The molecule has 3 aromatic rings. The largest absolute Gasteiger partial charge is 0.463 e. The molecule has 0 saturated carbocycles. The second-order valence-electron chi connectivity index (χ2n) is 6.27. The molecule has 2 heterocycles. The van der Waals surface area contributed by atoms with Crippen LogP contribution >= 0.6 is 0 Å². The predicted octanol–water partition coefficient (Wildman–Crippen LogP) is 3.20. The van der Waals surface area contributed by atoms with Crippen molar-refractivity contribution in [2.24, 2.45) is 0 Å². The number of nitrogens with one attached hydrogen (secondary N) is 1. The first-order valence-corrected chi connectivity index (χ1v) is 9.13. The van der Waals surface area contributed by atoms with E-state index < -0.39 is 0 Å². The van der Waals surface area contributed by atoms with Gasteiger partial charge in [-0.3, -0.25) is 9.59 Å². The minimum Gasteiger partial charge on any atom is -0.463 e. The summed E-state index contributed by atoms with van der Waals surface area (Å²) in [6.07, 6.45) is 2.92. The molecule has 6 nitrogen and oxygen atoms in total. The van der Waals surface area contributed by atoms with E-state index in [4.69, 9.17) is 4.42 Å². The maximum absolute atomic E-state index is 12.5. The lowest BCUT2D eigenvalue weighted by atomic mass is 9.96. The molecule has 2 aromatic heterocycles. The minimum atomic E-state index is -0.174. The molecule has 0 aliphatic rings. The Balaban J connectivity index is 1.55. The van der Waals surface area contributed by atoms with Crippen molar-refractivity contribution in [2.45, 2.75) is 32.2 Å². The van der Waals surface area contributed by atoms with E-state index in [-0.39, 0.29) is 17.4 Å². The number of hydrogen-bond acceptors (Lipinski definition) is 4. The third kappa shape index (κ3) is 4.73. The van der Waals surface area contributed by atoms with E-state index >= 15 is 0 Å². The lowest BCUT2D eigenvalue weighted by molar-refractivity contribution is -0.122. The highest BCUT2D eigenvalue weighted by Crippen LogP contribution is 2.19. The summed E-state index contributed by atoms with van der Waals surface area (Å²) in [7, 11) is 0. The summed E-state index contributed by atoms with van der Waals surface area (Å²) in [5.41, 5.74) is 1.45. The molecule has 1 N–H and O–H groups in total. The second-order valence-corrected chi connectivity index (χ2v) is 6.27. The topological polar surface area (TPSA) is 77.1 Å². The minimum absolute atomic E-state index is 0.00772. The van der Waals surface area contributed by atoms with Crippen LogP contribution in [-0.4, -0.2) is 22.2 Å². The standard InChI is InChI=1S/C21H23N3O3/c1-2-17(16-8-4-3-5-9-16)21(26)22-13-7-14-24-20(25)12-11-18(23-24)19-10-6-15-27-19/h3-6,8-12,15,17H,2,7,13-14H2,1H3,(H,22,26)/t17-/m1/s1. The molecule has 140 valence electrons. The number of furan rings is 1. The Morgan fingerprint density at radius 2 is 1.96 bits per heavy atom. The average molecular weight is 365 g/mol. The summed E-state index contributed by atoms with van der Waals surface area (Å²) in [4.78, 5) is 24.4. The third-order valence-corrected chi connectivity index (χ3v) is 4.41. The molecule has 0 unspecified atom stereocenters. The van der Waals surface area contributed by atoms with Crippen LogP contribution in [0.2, 0.25) is 0 Å². The number of carbonyl (C=O) groups excluding carboxylic acids is 1. The van der Waals surface area contributed by atoms with Gasteiger partial charge in [0, 0.05) is 19.2 Å². The van der Waals surface area contributed by atoms with Crippen LogP contribution in [0.3, 0.4) is 0 Å². The summed E-state index contributed by atoms with van der Waals surface area (Å²) in [6.45, 7) is 2.91. The highest BCUT2D eigenvalue weighted by atomic mass is 16.3. The fourth-order valence-corrected chi connectivity index (χ4v) is 2.99. The second kappa shape index (κ2) is 8.98. The molecule has 0 aliphatic heterocycles. The zero-order valence-electron chi connectivity index (χ0n) is 15.3. The Morgan fingerprint density at radius 3 is 2.67 bits per heavy atom. The van der Waals surface area contributed by atoms with Gasteiger partial charge in [0.25, 0.3) is 5.56 Å². The van der Waals surface area contributed by atoms with Crippen LogP contribution in [-0.2, 0) is 11.3 Å². The van der Waals surface area contributed by atoms with Gasteiger partial charge in [-0.25, -0.2) is 4.68 Å². The highest BCUT2D eigenvalue weighted by Gasteiger charge is 2.17. The zero-order valence-corrected chi connectivity index (χ0v) is 15.3. The fourth-order valence-electron chi connectivity index (χ4n) is 2.99. The molecular formula is C21H23N3O3. The molecule has 0 radical (unpaired) electrons. The summed E-state index contributed by atoms with van der Waals surface area (Å²) in [5.74, 6) is 0.466. The average Bonchev–Trinajstić information content (AvgIpc) is 3.23. The lowest BCUT2D eigenvalue weighted by Crippen LogP contribution is -2.31. The van der Waals surface area contributed by atoms with Crippen molar-refractivity contribution in [1.29, 1.82) is 0 Å². The Kier molecular flexibility index (Phi) is 6.20. The number of rotatable bonds is 8. The van der Waals surface area contributed by atoms with Crippen LogP contribution in [0.15, 0.2) is 70.1 Å². The van der Waals surface area contributed by atoms with Gasteiger partial charge in [-0.05, 0) is 36.6 Å². The molecule has 1 aromatic carbocycles. The Hall–Kier alpha value is -3.15. The van der Waals surface area contributed by atoms with E-state index in [2.05, 4.69) is 10.4 Å². The molecule has 1 amide bonds. The van der Waals surface area contributed by atoms with Crippen LogP contribution in [0.5, 0.6) is 0 Å². The molecule has 0 spiro atoms. The van der Waals surface area contributed by atoms with E-state index in [1.165, 1.54) is 10.7 Å². The number of aryl methyl sites for hydroxylation is 1. The highest BCUT2D eigenvalue weighted by molar-refractivity contribution is 5.83. The molecule has 0 bridgehead atoms. The van der Waals surface area contributed by atoms with Crippen molar-refractivity contribution < 1.29 is 9.21 Å². The summed E-state index contributed by atoms with van der Waals surface area (Å²) < 4.78 is 6.72. The number of nitrogens with zero attached hydrogens (tertiary/aromatic N) is 2. The Labute approximate surface area is 157 Å². The van der Waals surface area contributed by atoms with Crippen LogP contribution in [0, 0.1) is 0 Å². The van der Waals surface area contributed by atoms with Crippen LogP contribution in [0.4, 0.5) is 0 Å². The van der Waals surface area contributed by atoms with E-state index in [1.807, 2.05) is 37.3 Å². The van der Waals surface area contributed by atoms with Gasteiger partial charge in [0.1, 0.15) is 5.69 Å². The summed E-state index contributed by atoms with van der Waals surface area (Å²) >= 11 is 0. The van der Waals surface area contributed by atoms with Crippen LogP contribution in [0.1, 0.15) is 31.2 Å². The molecular weight excluding hydrogens is 342 g/mol. The van der Waals surface area contributed by atoms with Crippen molar-refractivity contribution in [1.82, 2.24) is 15.1 Å². The van der Waals surface area contributed by atoms with Gasteiger partial charge >= 0.3 is 0 Å². The van der Waals surface area contributed by atoms with Crippen molar-refractivity contribution in [3.8, 4) is 11.5 Å². The first-order valence-electron chi connectivity index (χ1n) is 9.13. The Bertz CT molecular complexity index is 917. The van der Waals surface area contributed by atoms with Gasteiger partial charge in [0.15, 0.2) is 5.76 Å². The molecule has 27 heavy (non-hydrogen) atoms. The SMILES string of the molecule is CC[C@@H](C(=O)NCCCn1nc(-c2ccco2)ccc1=O)c1ccccc1. The Morgan fingerprint density at radius 1 is 1.15 bits per heavy atom. The van der Waals surface area contributed by atoms with Gasteiger partial charge in [0.05, 0.1) is 12.2 Å². The zero-order chi connectivity index (χ0) is 19.1. The van der Waals surface area contributed by atoms with Gasteiger partial charge < -0.3 is 9.73 Å². The number of hydrogen-bond donors (Lipinski definition) is 1. The third-order valence-electron chi connectivity index (χ3n) is 4.41. The van der Waals surface area contributed by atoms with Gasteiger partial charge in [-0.15, -0.1) is 0 Å². The molecule has 6 heteroatoms. The number of amides is 1. The van der Waals surface area contributed by atoms with Crippen molar-refractivity contribution >= 4 is 5.91 Å². The smallest absolute Gasteiger partial charge is 0.266 e. The normalized spacial score (nSPS) is 11.9. The van der Waals surface area contributed by atoms with Crippen molar-refractivity contribution in [3.05, 3.63) is 76.8 Å². The molecule has 3 rings (SSSR count). The predicted molar refractivity (Wildman–Crippen MR) is 103 cm³/mol. The van der Waals surface area contributed by atoms with Crippen molar-refractivity contribution in [3.63, 3.8) is 0 Å².